The van der Waals surface area contributed by atoms with Gasteiger partial charge in [0, 0.05) is 47.1 Å². The minimum Gasteiger partial charge on any atom is -0.372 e. The van der Waals surface area contributed by atoms with Gasteiger partial charge >= 0.3 is 0 Å². The van der Waals surface area contributed by atoms with Gasteiger partial charge in [0.2, 0.25) is 5.91 Å². The zero-order valence-electron chi connectivity index (χ0n) is 15.0. The van der Waals surface area contributed by atoms with Crippen molar-refractivity contribution in [2.24, 2.45) is 0 Å². The van der Waals surface area contributed by atoms with Gasteiger partial charge in [-0.25, -0.2) is 0 Å². The topological polar surface area (TPSA) is 61.4 Å². The summed E-state index contributed by atoms with van der Waals surface area (Å²) in [6, 6.07) is 13.3. The molecule has 1 heterocycles. The van der Waals surface area contributed by atoms with Gasteiger partial charge in [-0.05, 0) is 56.3 Å². The van der Waals surface area contributed by atoms with E-state index in [4.69, 9.17) is 0 Å². The van der Waals surface area contributed by atoms with Gasteiger partial charge in [0.05, 0.1) is 5.69 Å². The van der Waals surface area contributed by atoms with Crippen LogP contribution in [0, 0.1) is 0 Å². The number of thioether (sulfide) groups is 1. The Labute approximate surface area is 158 Å². The molecule has 136 valence electrons. The van der Waals surface area contributed by atoms with Crippen molar-refractivity contribution in [1.29, 1.82) is 0 Å². The Morgan fingerprint density at radius 2 is 1.88 bits per heavy atom. The third-order valence-corrected chi connectivity index (χ3v) is 5.43. The molecule has 0 spiro atoms. The third kappa shape index (κ3) is 4.19. The fourth-order valence-corrected chi connectivity index (χ4v) is 3.85. The molecular weight excluding hydrogens is 346 g/mol. The van der Waals surface area contributed by atoms with Crippen LogP contribution in [0.3, 0.4) is 0 Å². The maximum Gasteiger partial charge on any atom is 0.255 e. The van der Waals surface area contributed by atoms with Gasteiger partial charge < -0.3 is 15.5 Å². The van der Waals surface area contributed by atoms with E-state index in [1.165, 1.54) is 0 Å². The summed E-state index contributed by atoms with van der Waals surface area (Å²) in [5.74, 6) is 0.552. The lowest BCUT2D eigenvalue weighted by atomic mass is 10.1. The number of nitrogens with one attached hydrogen (secondary N) is 2. The summed E-state index contributed by atoms with van der Waals surface area (Å²) in [5, 5.41) is 5.79. The molecule has 2 amide bonds. The van der Waals surface area contributed by atoms with Gasteiger partial charge in [-0.15, -0.1) is 11.8 Å². The number of amides is 2. The van der Waals surface area contributed by atoms with Crippen molar-refractivity contribution in [3.63, 3.8) is 0 Å². The van der Waals surface area contributed by atoms with E-state index in [-0.39, 0.29) is 11.8 Å². The number of benzene rings is 2. The molecule has 0 fully saturated rings. The number of carbonyl (C=O) groups is 2. The number of nitrogens with zero attached hydrogens (tertiary/aromatic N) is 1. The lowest BCUT2D eigenvalue weighted by Crippen LogP contribution is -2.21. The van der Waals surface area contributed by atoms with E-state index in [9.17, 15) is 9.59 Å². The second kappa shape index (κ2) is 8.27. The average Bonchev–Trinajstić information content (AvgIpc) is 2.83. The molecule has 26 heavy (non-hydrogen) atoms. The first kappa shape index (κ1) is 18.3. The van der Waals surface area contributed by atoms with Crippen LogP contribution < -0.4 is 15.5 Å². The zero-order valence-corrected chi connectivity index (χ0v) is 15.9. The highest BCUT2D eigenvalue weighted by atomic mass is 32.2. The average molecular weight is 369 g/mol. The SMILES string of the molecule is CCN(CC)c1ccc(NC(=O)c2ccc3c(c2)NC(=O)CCS3)cc1. The summed E-state index contributed by atoms with van der Waals surface area (Å²) >= 11 is 1.63. The van der Waals surface area contributed by atoms with Gasteiger partial charge in [0.15, 0.2) is 0 Å². The van der Waals surface area contributed by atoms with Gasteiger partial charge in [-0.2, -0.15) is 0 Å². The molecule has 0 bridgehead atoms. The van der Waals surface area contributed by atoms with Gasteiger partial charge in [0.1, 0.15) is 0 Å². The van der Waals surface area contributed by atoms with E-state index in [2.05, 4.69) is 29.4 Å². The van der Waals surface area contributed by atoms with E-state index in [0.717, 1.165) is 35.1 Å². The predicted octanol–water partition coefficient (Wildman–Crippen LogP) is 4.22. The highest BCUT2D eigenvalue weighted by molar-refractivity contribution is 7.99. The Bertz CT molecular complexity index is 801. The van der Waals surface area contributed by atoms with Crippen molar-refractivity contribution >= 4 is 40.6 Å². The van der Waals surface area contributed by atoms with Gasteiger partial charge in [0.25, 0.3) is 5.91 Å². The van der Waals surface area contributed by atoms with Gasteiger partial charge in [-0.1, -0.05) is 0 Å². The first-order chi connectivity index (χ1) is 12.6. The minimum absolute atomic E-state index is 0.0131. The molecule has 0 radical (unpaired) electrons. The molecule has 2 N–H and O–H groups in total. The quantitative estimate of drug-likeness (QED) is 0.828. The molecule has 6 heteroatoms. The van der Waals surface area contributed by atoms with Crippen LogP contribution in [0.15, 0.2) is 47.4 Å². The van der Waals surface area contributed by atoms with Crippen molar-refractivity contribution in [1.82, 2.24) is 0 Å². The molecule has 2 aromatic carbocycles. The number of anilines is 3. The number of hydrogen-bond donors (Lipinski definition) is 2. The highest BCUT2D eigenvalue weighted by Crippen LogP contribution is 2.31. The molecule has 5 nitrogen and oxygen atoms in total. The lowest BCUT2D eigenvalue weighted by Gasteiger charge is -2.21. The molecule has 0 saturated heterocycles. The highest BCUT2D eigenvalue weighted by Gasteiger charge is 2.16. The summed E-state index contributed by atoms with van der Waals surface area (Å²) in [5.41, 5.74) is 3.12. The molecule has 1 aliphatic rings. The van der Waals surface area contributed by atoms with Crippen LogP contribution in [-0.4, -0.2) is 30.7 Å². The Morgan fingerprint density at radius 1 is 1.15 bits per heavy atom. The molecule has 0 saturated carbocycles. The molecule has 0 aromatic heterocycles. The number of fused-ring (bicyclic) bond motifs is 1. The fourth-order valence-electron chi connectivity index (χ4n) is 2.91. The fraction of sp³-hybridized carbons (Fsp3) is 0.300. The first-order valence-electron chi connectivity index (χ1n) is 8.83. The predicted molar refractivity (Wildman–Crippen MR) is 108 cm³/mol. The largest absolute Gasteiger partial charge is 0.372 e. The minimum atomic E-state index is -0.188. The van der Waals surface area contributed by atoms with E-state index in [1.807, 2.05) is 30.3 Å². The van der Waals surface area contributed by atoms with Crippen LogP contribution in [0.1, 0.15) is 30.6 Å². The van der Waals surface area contributed by atoms with Crippen molar-refractivity contribution < 1.29 is 9.59 Å². The van der Waals surface area contributed by atoms with Crippen LogP contribution in [0.4, 0.5) is 17.1 Å². The molecule has 1 aliphatic heterocycles. The van der Waals surface area contributed by atoms with Crippen molar-refractivity contribution in [3.05, 3.63) is 48.0 Å². The van der Waals surface area contributed by atoms with Crippen molar-refractivity contribution in [2.45, 2.75) is 25.2 Å². The maximum atomic E-state index is 12.6. The molecule has 2 aromatic rings. The van der Waals surface area contributed by atoms with Crippen LogP contribution in [-0.2, 0) is 4.79 Å². The summed E-state index contributed by atoms with van der Waals surface area (Å²) < 4.78 is 0. The van der Waals surface area contributed by atoms with Crippen LogP contribution in [0.2, 0.25) is 0 Å². The van der Waals surface area contributed by atoms with Crippen LogP contribution in [0.5, 0.6) is 0 Å². The van der Waals surface area contributed by atoms with E-state index in [0.29, 0.717) is 17.7 Å². The van der Waals surface area contributed by atoms with E-state index >= 15 is 0 Å². The summed E-state index contributed by atoms with van der Waals surface area (Å²) in [6.07, 6.45) is 0.486. The summed E-state index contributed by atoms with van der Waals surface area (Å²) in [6.45, 7) is 6.13. The molecule has 0 atom stereocenters. The summed E-state index contributed by atoms with van der Waals surface area (Å²) in [7, 11) is 0. The second-order valence-electron chi connectivity index (χ2n) is 6.03. The van der Waals surface area contributed by atoms with Crippen LogP contribution in [0.25, 0.3) is 0 Å². The normalized spacial score (nSPS) is 13.4. The monoisotopic (exact) mass is 369 g/mol. The number of hydrogen-bond acceptors (Lipinski definition) is 4. The zero-order chi connectivity index (χ0) is 18.5. The van der Waals surface area contributed by atoms with E-state index in [1.54, 1.807) is 23.9 Å². The number of carbonyl (C=O) groups excluding carboxylic acids is 2. The Hall–Kier alpha value is -2.47. The van der Waals surface area contributed by atoms with Crippen molar-refractivity contribution in [3.8, 4) is 0 Å². The third-order valence-electron chi connectivity index (χ3n) is 4.36. The molecule has 3 rings (SSSR count). The first-order valence-corrected chi connectivity index (χ1v) is 9.82. The molecule has 0 unspecified atom stereocenters. The smallest absolute Gasteiger partial charge is 0.255 e. The maximum absolute atomic E-state index is 12.6. The molecular formula is C20H23N3O2S. The second-order valence-corrected chi connectivity index (χ2v) is 7.17. The number of rotatable bonds is 5. The van der Waals surface area contributed by atoms with Crippen molar-refractivity contribution in [2.75, 3.05) is 34.4 Å². The Balaban J connectivity index is 1.73. The van der Waals surface area contributed by atoms with Gasteiger partial charge in [-0.3, -0.25) is 9.59 Å². The van der Waals surface area contributed by atoms with Crippen LogP contribution >= 0.6 is 11.8 Å². The lowest BCUT2D eigenvalue weighted by molar-refractivity contribution is -0.115. The Kier molecular flexibility index (Phi) is 5.83. The van der Waals surface area contributed by atoms with E-state index < -0.39 is 0 Å². The Morgan fingerprint density at radius 3 is 2.58 bits per heavy atom. The standard InChI is InChI=1S/C20H23N3O2S/c1-3-23(4-2)16-8-6-15(7-9-16)21-20(25)14-5-10-18-17(13-14)22-19(24)11-12-26-18/h5-10,13H,3-4,11-12H2,1-2H3,(H,21,25)(H,22,24). The molecule has 0 aliphatic carbocycles. The summed E-state index contributed by atoms with van der Waals surface area (Å²) in [4.78, 5) is 27.5.